The highest BCUT2D eigenvalue weighted by atomic mass is 19.1. The van der Waals surface area contributed by atoms with Crippen molar-refractivity contribution in [3.05, 3.63) is 65.5 Å². The molecule has 3 N–H and O–H groups in total. The molecule has 31 heavy (non-hydrogen) atoms. The minimum absolute atomic E-state index is 0.0425. The second kappa shape index (κ2) is 7.36. The maximum atomic E-state index is 13.8. The van der Waals surface area contributed by atoms with Crippen molar-refractivity contribution >= 4 is 17.5 Å². The maximum absolute atomic E-state index is 13.8. The Kier molecular flexibility index (Phi) is 4.76. The van der Waals surface area contributed by atoms with Crippen LogP contribution in [0.3, 0.4) is 0 Å². The van der Waals surface area contributed by atoms with E-state index in [-0.39, 0.29) is 34.9 Å². The fourth-order valence-corrected chi connectivity index (χ4v) is 6.00. The Morgan fingerprint density at radius 2 is 1.94 bits per heavy atom. The molecule has 6 rings (SSSR count). The van der Waals surface area contributed by atoms with Gasteiger partial charge in [-0.3, -0.25) is 9.59 Å². The number of amides is 2. The molecule has 0 aromatic heterocycles. The van der Waals surface area contributed by atoms with Gasteiger partial charge in [0.25, 0.3) is 5.91 Å². The molecule has 3 fully saturated rings. The second-order valence-corrected chi connectivity index (χ2v) is 9.58. The predicted octanol–water partition coefficient (Wildman–Crippen LogP) is 3.86. The van der Waals surface area contributed by atoms with Gasteiger partial charge in [0.2, 0.25) is 5.91 Å². The normalized spacial score (nSPS) is 31.0. The third-order valence-electron chi connectivity index (χ3n) is 7.64. The molecule has 4 aliphatic rings. The van der Waals surface area contributed by atoms with Crippen LogP contribution in [0.25, 0.3) is 0 Å². The molecule has 3 aliphatic carbocycles. The van der Waals surface area contributed by atoms with Crippen LogP contribution < -0.4 is 16.0 Å². The van der Waals surface area contributed by atoms with E-state index in [1.54, 1.807) is 12.1 Å². The van der Waals surface area contributed by atoms with E-state index in [9.17, 15) is 14.0 Å². The van der Waals surface area contributed by atoms with Crippen molar-refractivity contribution in [1.29, 1.82) is 0 Å². The fourth-order valence-electron chi connectivity index (χ4n) is 6.00. The van der Waals surface area contributed by atoms with Crippen molar-refractivity contribution in [2.75, 3.05) is 11.9 Å². The lowest BCUT2D eigenvalue weighted by molar-refractivity contribution is -0.139. The van der Waals surface area contributed by atoms with Gasteiger partial charge in [-0.15, -0.1) is 0 Å². The molecule has 6 heteroatoms. The fraction of sp³-hybridized carbons (Fsp3) is 0.440. The van der Waals surface area contributed by atoms with E-state index in [4.69, 9.17) is 0 Å². The number of fused-ring (bicyclic) bond motifs is 3. The first-order valence-electron chi connectivity index (χ1n) is 11.1. The van der Waals surface area contributed by atoms with Crippen molar-refractivity contribution in [2.45, 2.75) is 44.7 Å². The highest BCUT2D eigenvalue weighted by molar-refractivity contribution is 6.02. The van der Waals surface area contributed by atoms with Crippen molar-refractivity contribution < 1.29 is 14.0 Å². The largest absolute Gasteiger partial charge is 0.362 e. The van der Waals surface area contributed by atoms with E-state index in [2.05, 4.69) is 22.9 Å². The van der Waals surface area contributed by atoms with Crippen LogP contribution in [-0.2, 0) is 11.2 Å². The van der Waals surface area contributed by atoms with Crippen LogP contribution >= 0.6 is 0 Å². The van der Waals surface area contributed by atoms with Crippen LogP contribution in [0, 0.1) is 23.1 Å². The smallest absolute Gasteiger partial charge is 0.255 e. The average Bonchev–Trinajstić information content (AvgIpc) is 2.74. The van der Waals surface area contributed by atoms with Gasteiger partial charge in [-0.1, -0.05) is 37.3 Å². The lowest BCUT2D eigenvalue weighted by Gasteiger charge is -2.60. The minimum atomic E-state index is -0.498. The summed E-state index contributed by atoms with van der Waals surface area (Å²) in [5.74, 6) is -0.151. The van der Waals surface area contributed by atoms with Gasteiger partial charge in [0.15, 0.2) is 0 Å². The number of hydrogen-bond donors (Lipinski definition) is 3. The zero-order valence-corrected chi connectivity index (χ0v) is 17.7. The molecule has 2 aromatic carbocycles. The van der Waals surface area contributed by atoms with Crippen LogP contribution in [0.1, 0.15) is 48.5 Å². The molecule has 2 aromatic rings. The number of nitrogens with one attached hydrogen (secondary N) is 3. The molecule has 2 bridgehead atoms. The molecule has 3 saturated carbocycles. The van der Waals surface area contributed by atoms with E-state index >= 15 is 0 Å². The highest BCUT2D eigenvalue weighted by Gasteiger charge is 2.60. The summed E-state index contributed by atoms with van der Waals surface area (Å²) in [6, 6.07) is 14.3. The van der Waals surface area contributed by atoms with E-state index in [0.29, 0.717) is 24.1 Å². The number of para-hydroxylation sites is 1. The number of carbonyl (C=O) groups is 2. The minimum Gasteiger partial charge on any atom is -0.362 e. The summed E-state index contributed by atoms with van der Waals surface area (Å²) in [6.45, 7) is 2.59. The zero-order chi connectivity index (χ0) is 21.6. The molecule has 0 radical (unpaired) electrons. The summed E-state index contributed by atoms with van der Waals surface area (Å²) >= 11 is 0. The Balaban J connectivity index is 1.29. The summed E-state index contributed by atoms with van der Waals surface area (Å²) < 4.78 is 13.8. The summed E-state index contributed by atoms with van der Waals surface area (Å²) in [5.41, 5.74) is 1.45. The summed E-state index contributed by atoms with van der Waals surface area (Å²) in [6.07, 6.45) is 3.87. The van der Waals surface area contributed by atoms with Gasteiger partial charge >= 0.3 is 0 Å². The van der Waals surface area contributed by atoms with Gasteiger partial charge in [-0.05, 0) is 61.3 Å². The highest BCUT2D eigenvalue weighted by Crippen LogP contribution is 2.58. The zero-order valence-electron chi connectivity index (χ0n) is 17.7. The lowest BCUT2D eigenvalue weighted by atomic mass is 9.51. The van der Waals surface area contributed by atoms with Crippen LogP contribution in [0.15, 0.2) is 48.5 Å². The first-order valence-corrected chi connectivity index (χ1v) is 11.1. The Hall–Kier alpha value is -2.89. The standard InChI is InChI=1S/C25H28FN3O2/c1-24-12-10-17(25(15-24)28-21-9-5-3-7-18(21)22(30)29-25)14-19(24)23(31)27-13-11-16-6-2-4-8-20(16)26/h2-9,17,19,28H,10-15H2,1H3,(H,27,31)(H,29,30)/t17-,19+,24-,25-/m0/s1. The molecule has 1 heterocycles. The van der Waals surface area contributed by atoms with Gasteiger partial charge in [0.05, 0.1) is 5.56 Å². The predicted molar refractivity (Wildman–Crippen MR) is 117 cm³/mol. The SMILES string of the molecule is C[C@@]12CC[C@@H](C[C@@H]1C(=O)NCCc1ccccc1F)[C@]1(C2)NC(=O)c2ccccc2N1. The van der Waals surface area contributed by atoms with E-state index in [1.165, 1.54) is 6.07 Å². The number of anilines is 1. The van der Waals surface area contributed by atoms with Crippen LogP contribution in [-0.4, -0.2) is 24.0 Å². The number of hydrogen-bond acceptors (Lipinski definition) is 3. The first-order chi connectivity index (χ1) is 14.9. The van der Waals surface area contributed by atoms with Crippen LogP contribution in [0.5, 0.6) is 0 Å². The van der Waals surface area contributed by atoms with Gasteiger partial charge in [-0.2, -0.15) is 0 Å². The Morgan fingerprint density at radius 3 is 2.74 bits per heavy atom. The molecule has 0 saturated heterocycles. The van der Waals surface area contributed by atoms with Crippen molar-refractivity contribution in [1.82, 2.24) is 10.6 Å². The molecular formula is C25H28FN3O2. The Bertz CT molecular complexity index is 1040. The number of halogens is 1. The number of rotatable bonds is 4. The third kappa shape index (κ3) is 3.38. The molecule has 2 amide bonds. The summed E-state index contributed by atoms with van der Waals surface area (Å²) in [5, 5.41) is 9.92. The van der Waals surface area contributed by atoms with Gasteiger partial charge in [-0.25, -0.2) is 4.39 Å². The summed E-state index contributed by atoms with van der Waals surface area (Å²) in [4.78, 5) is 25.9. The topological polar surface area (TPSA) is 70.2 Å². The van der Waals surface area contributed by atoms with Crippen LogP contribution in [0.2, 0.25) is 0 Å². The maximum Gasteiger partial charge on any atom is 0.255 e. The molecular weight excluding hydrogens is 393 g/mol. The number of benzene rings is 2. The molecule has 1 spiro atoms. The second-order valence-electron chi connectivity index (χ2n) is 9.58. The van der Waals surface area contributed by atoms with E-state index < -0.39 is 5.66 Å². The Labute approximate surface area is 181 Å². The number of carbonyl (C=O) groups excluding carboxylic acids is 2. The monoisotopic (exact) mass is 421 g/mol. The lowest BCUT2D eigenvalue weighted by Crippen LogP contribution is -2.70. The average molecular weight is 422 g/mol. The molecule has 162 valence electrons. The molecule has 5 nitrogen and oxygen atoms in total. The van der Waals surface area contributed by atoms with Gasteiger partial charge in [0, 0.05) is 24.1 Å². The molecule has 1 aliphatic heterocycles. The first kappa shape index (κ1) is 20.0. The van der Waals surface area contributed by atoms with E-state index in [0.717, 1.165) is 31.4 Å². The molecule has 0 unspecified atom stereocenters. The van der Waals surface area contributed by atoms with Crippen molar-refractivity contribution in [2.24, 2.45) is 17.3 Å². The Morgan fingerprint density at radius 1 is 1.16 bits per heavy atom. The van der Waals surface area contributed by atoms with Crippen LogP contribution in [0.4, 0.5) is 10.1 Å². The van der Waals surface area contributed by atoms with Crippen molar-refractivity contribution in [3.8, 4) is 0 Å². The van der Waals surface area contributed by atoms with E-state index in [1.807, 2.05) is 30.3 Å². The quantitative estimate of drug-likeness (QED) is 0.702. The van der Waals surface area contributed by atoms with Gasteiger partial charge < -0.3 is 16.0 Å². The molecule has 4 atom stereocenters. The third-order valence-corrected chi connectivity index (χ3v) is 7.64. The van der Waals surface area contributed by atoms with Crippen molar-refractivity contribution in [3.63, 3.8) is 0 Å². The van der Waals surface area contributed by atoms with Gasteiger partial charge in [0.1, 0.15) is 11.5 Å². The summed E-state index contributed by atoms with van der Waals surface area (Å²) in [7, 11) is 0.